The summed E-state index contributed by atoms with van der Waals surface area (Å²) in [5, 5.41) is 3.03. The van der Waals surface area contributed by atoms with Crippen LogP contribution in [0.2, 0.25) is 0 Å². The van der Waals surface area contributed by atoms with Gasteiger partial charge in [-0.25, -0.2) is 0 Å². The van der Waals surface area contributed by atoms with Crippen molar-refractivity contribution in [2.45, 2.75) is 32.9 Å². The lowest BCUT2D eigenvalue weighted by molar-refractivity contribution is -0.123. The second-order valence-corrected chi connectivity index (χ2v) is 7.45. The van der Waals surface area contributed by atoms with Gasteiger partial charge in [-0.1, -0.05) is 44.2 Å². The van der Waals surface area contributed by atoms with Crippen molar-refractivity contribution in [3.8, 4) is 0 Å². The van der Waals surface area contributed by atoms with Crippen LogP contribution in [0.25, 0.3) is 0 Å². The molecule has 1 amide bonds. The fourth-order valence-electron chi connectivity index (χ4n) is 3.22. The molecule has 25 heavy (non-hydrogen) atoms. The minimum absolute atomic E-state index is 0.0508. The molecule has 0 unspecified atom stereocenters. The fraction of sp³-hybridized carbons (Fsp3) is 0.650. The average Bonchev–Trinajstić information content (AvgIpc) is 2.60. The van der Waals surface area contributed by atoms with E-state index in [4.69, 9.17) is 4.74 Å². The largest absolute Gasteiger partial charge is 0.374 e. The lowest BCUT2D eigenvalue weighted by Gasteiger charge is -2.34. The van der Waals surface area contributed by atoms with E-state index in [0.717, 1.165) is 26.2 Å². The highest BCUT2D eigenvalue weighted by Crippen LogP contribution is 2.17. The molecule has 1 aliphatic heterocycles. The predicted octanol–water partition coefficient (Wildman–Crippen LogP) is 2.15. The number of ether oxygens (including phenoxy) is 1. The van der Waals surface area contributed by atoms with E-state index in [0.29, 0.717) is 19.0 Å². The summed E-state index contributed by atoms with van der Waals surface area (Å²) in [5.74, 6) is 0.705. The van der Waals surface area contributed by atoms with E-state index < -0.39 is 0 Å². The van der Waals surface area contributed by atoms with Crippen LogP contribution in [0, 0.1) is 5.92 Å². The first kappa shape index (κ1) is 19.9. The second kappa shape index (κ2) is 9.90. The molecule has 0 spiro atoms. The number of carbonyl (C=O) groups is 1. The summed E-state index contributed by atoms with van der Waals surface area (Å²) in [6.07, 6.45) is 0.0910. The van der Waals surface area contributed by atoms with E-state index in [1.807, 2.05) is 25.2 Å². The van der Waals surface area contributed by atoms with Crippen LogP contribution in [0.5, 0.6) is 0 Å². The van der Waals surface area contributed by atoms with E-state index in [1.54, 1.807) is 0 Å². The van der Waals surface area contributed by atoms with Crippen LogP contribution < -0.4 is 5.32 Å². The van der Waals surface area contributed by atoms with Crippen molar-refractivity contribution in [1.29, 1.82) is 0 Å². The van der Waals surface area contributed by atoms with Gasteiger partial charge in [0.1, 0.15) is 0 Å². The number of amides is 1. The third-order valence-electron chi connectivity index (χ3n) is 4.71. The first-order chi connectivity index (χ1) is 12.0. The quantitative estimate of drug-likeness (QED) is 0.783. The zero-order chi connectivity index (χ0) is 18.2. The number of nitrogens with zero attached hydrogens (tertiary/aromatic N) is 2. The van der Waals surface area contributed by atoms with Crippen molar-refractivity contribution in [2.24, 2.45) is 5.92 Å². The Morgan fingerprint density at radius 1 is 1.32 bits per heavy atom. The van der Waals surface area contributed by atoms with Crippen molar-refractivity contribution >= 4 is 5.91 Å². The molecule has 1 saturated heterocycles. The van der Waals surface area contributed by atoms with Gasteiger partial charge in [-0.05, 0) is 25.5 Å². The first-order valence-electron chi connectivity index (χ1n) is 9.31. The van der Waals surface area contributed by atoms with E-state index in [1.165, 1.54) is 5.56 Å². The van der Waals surface area contributed by atoms with Crippen molar-refractivity contribution in [3.63, 3.8) is 0 Å². The highest BCUT2D eigenvalue weighted by Gasteiger charge is 2.22. The van der Waals surface area contributed by atoms with Crippen molar-refractivity contribution < 1.29 is 9.53 Å². The molecule has 0 aromatic heterocycles. The van der Waals surface area contributed by atoms with Gasteiger partial charge in [0, 0.05) is 32.2 Å². The summed E-state index contributed by atoms with van der Waals surface area (Å²) in [7, 11) is 1.98. The summed E-state index contributed by atoms with van der Waals surface area (Å²) in [5.41, 5.74) is 1.22. The number of likely N-dealkylation sites (N-methyl/N-ethyl adjacent to an activating group) is 1. The lowest BCUT2D eigenvalue weighted by atomic mass is 10.1. The van der Waals surface area contributed by atoms with Crippen LogP contribution in [-0.2, 0) is 9.53 Å². The van der Waals surface area contributed by atoms with E-state index in [2.05, 4.69) is 48.0 Å². The fourth-order valence-corrected chi connectivity index (χ4v) is 3.22. The maximum atomic E-state index is 12.3. The molecule has 0 bridgehead atoms. The van der Waals surface area contributed by atoms with Gasteiger partial charge in [0.15, 0.2) is 0 Å². The van der Waals surface area contributed by atoms with Crippen molar-refractivity contribution in [3.05, 3.63) is 35.9 Å². The molecule has 2 rings (SSSR count). The number of rotatable bonds is 8. The zero-order valence-corrected chi connectivity index (χ0v) is 16.1. The summed E-state index contributed by atoms with van der Waals surface area (Å²) < 4.78 is 5.79. The Bertz CT molecular complexity index is 521. The van der Waals surface area contributed by atoms with Crippen LogP contribution in [0.1, 0.15) is 32.4 Å². The first-order valence-corrected chi connectivity index (χ1v) is 9.31. The molecule has 2 atom stereocenters. The number of hydrogen-bond donors (Lipinski definition) is 1. The van der Waals surface area contributed by atoms with Crippen LogP contribution in [0.15, 0.2) is 30.3 Å². The third kappa shape index (κ3) is 6.77. The molecule has 1 heterocycles. The molecule has 1 aliphatic rings. The summed E-state index contributed by atoms with van der Waals surface area (Å²) in [4.78, 5) is 16.8. The van der Waals surface area contributed by atoms with Crippen molar-refractivity contribution in [2.75, 3.05) is 46.4 Å². The van der Waals surface area contributed by atoms with E-state index >= 15 is 0 Å². The molecule has 0 radical (unpaired) electrons. The van der Waals surface area contributed by atoms with Crippen LogP contribution in [-0.4, -0.2) is 68.2 Å². The second-order valence-electron chi connectivity index (χ2n) is 7.45. The summed E-state index contributed by atoms with van der Waals surface area (Å²) >= 11 is 0. The highest BCUT2D eigenvalue weighted by molar-refractivity contribution is 5.78. The Balaban J connectivity index is 1.73. The van der Waals surface area contributed by atoms with Gasteiger partial charge in [-0.15, -0.1) is 0 Å². The third-order valence-corrected chi connectivity index (χ3v) is 4.71. The predicted molar refractivity (Wildman–Crippen MR) is 102 cm³/mol. The standard InChI is InChI=1S/C20H33N3O2/c1-16(2)13-23-10-11-25-19(14-23)12-21-20(24)15-22(4)17(3)18-8-6-5-7-9-18/h5-9,16-17,19H,10-15H2,1-4H3,(H,21,24)/t17-,19-/m1/s1. The average molecular weight is 348 g/mol. The Morgan fingerprint density at radius 3 is 2.72 bits per heavy atom. The van der Waals surface area contributed by atoms with E-state index in [9.17, 15) is 4.79 Å². The molecular weight excluding hydrogens is 314 g/mol. The minimum Gasteiger partial charge on any atom is -0.374 e. The van der Waals surface area contributed by atoms with Crippen LogP contribution >= 0.6 is 0 Å². The van der Waals surface area contributed by atoms with E-state index in [-0.39, 0.29) is 18.1 Å². The summed E-state index contributed by atoms with van der Waals surface area (Å²) in [6, 6.07) is 10.5. The molecule has 1 fully saturated rings. The Kier molecular flexibility index (Phi) is 7.88. The van der Waals surface area contributed by atoms with Crippen molar-refractivity contribution in [1.82, 2.24) is 15.1 Å². The number of morpholine rings is 1. The maximum Gasteiger partial charge on any atom is 0.234 e. The molecule has 5 nitrogen and oxygen atoms in total. The minimum atomic E-state index is 0.0508. The Labute approximate surface area is 152 Å². The van der Waals surface area contributed by atoms with Gasteiger partial charge in [0.05, 0.1) is 19.3 Å². The zero-order valence-electron chi connectivity index (χ0n) is 16.1. The highest BCUT2D eigenvalue weighted by atomic mass is 16.5. The van der Waals surface area contributed by atoms with Crippen LogP contribution in [0.4, 0.5) is 0 Å². The maximum absolute atomic E-state index is 12.3. The molecule has 1 N–H and O–H groups in total. The normalized spacial score (nSPS) is 20.0. The molecule has 0 aliphatic carbocycles. The molecule has 0 saturated carbocycles. The van der Waals surface area contributed by atoms with Gasteiger partial charge in [0.25, 0.3) is 0 Å². The van der Waals surface area contributed by atoms with Gasteiger partial charge in [-0.2, -0.15) is 0 Å². The monoisotopic (exact) mass is 347 g/mol. The van der Waals surface area contributed by atoms with Gasteiger partial charge in [0.2, 0.25) is 5.91 Å². The smallest absolute Gasteiger partial charge is 0.234 e. The summed E-state index contributed by atoms with van der Waals surface area (Å²) in [6.45, 7) is 11.3. The Hall–Kier alpha value is -1.43. The molecule has 1 aromatic rings. The molecule has 1 aromatic carbocycles. The molecule has 140 valence electrons. The van der Waals surface area contributed by atoms with Gasteiger partial charge in [-0.3, -0.25) is 14.6 Å². The van der Waals surface area contributed by atoms with Gasteiger partial charge < -0.3 is 10.1 Å². The number of nitrogens with one attached hydrogen (secondary N) is 1. The topological polar surface area (TPSA) is 44.8 Å². The molecular formula is C20H33N3O2. The number of benzene rings is 1. The number of carbonyl (C=O) groups excluding carboxylic acids is 1. The number of hydrogen-bond acceptors (Lipinski definition) is 4. The lowest BCUT2D eigenvalue weighted by Crippen LogP contribution is -2.49. The Morgan fingerprint density at radius 2 is 2.04 bits per heavy atom. The SMILES string of the molecule is CC(C)CN1CCO[C@H](CNC(=O)CN(C)[C@H](C)c2ccccc2)C1. The molecule has 5 heteroatoms. The van der Waals surface area contributed by atoms with Crippen LogP contribution in [0.3, 0.4) is 0 Å². The van der Waals surface area contributed by atoms with Gasteiger partial charge >= 0.3 is 0 Å².